The van der Waals surface area contributed by atoms with Crippen LogP contribution in [0.2, 0.25) is 10.0 Å². The quantitative estimate of drug-likeness (QED) is 0.624. The Balaban J connectivity index is 2.66. The zero-order valence-corrected chi connectivity index (χ0v) is 11.2. The number of rotatable bonds is 2. The fourth-order valence-electron chi connectivity index (χ4n) is 1.72. The third-order valence-corrected chi connectivity index (χ3v) is 3.01. The molecule has 2 rings (SSSR count). The summed E-state index contributed by atoms with van der Waals surface area (Å²) in [6, 6.07) is 4.40. The van der Waals surface area contributed by atoms with Crippen LogP contribution in [0, 0.1) is 24.0 Å². The van der Waals surface area contributed by atoms with Crippen LogP contribution in [0.3, 0.4) is 0 Å². The molecule has 0 saturated carbocycles. The highest BCUT2D eigenvalue weighted by Crippen LogP contribution is 2.33. The Hall–Kier alpha value is -1.59. The Morgan fingerprint density at radius 1 is 1.22 bits per heavy atom. The maximum atomic E-state index is 10.7. The number of aromatic nitrogens is 2. The normalized spacial score (nSPS) is 10.7. The number of hydrogen-bond donors (Lipinski definition) is 0. The summed E-state index contributed by atoms with van der Waals surface area (Å²) >= 11 is 12.1. The van der Waals surface area contributed by atoms with Crippen molar-refractivity contribution in [1.29, 1.82) is 0 Å². The number of nitrogens with zero attached hydrogens (tertiary/aromatic N) is 3. The number of hydrogen-bond acceptors (Lipinski definition) is 3. The van der Waals surface area contributed by atoms with E-state index in [2.05, 4.69) is 5.10 Å². The molecule has 1 aromatic carbocycles. The maximum Gasteiger partial charge on any atom is 0.272 e. The van der Waals surface area contributed by atoms with E-state index in [0.717, 1.165) is 11.4 Å². The third-order valence-electron chi connectivity index (χ3n) is 2.43. The molecular formula is C11H9Cl2N3O2. The number of halogens is 2. The van der Waals surface area contributed by atoms with Crippen molar-refractivity contribution >= 4 is 28.9 Å². The van der Waals surface area contributed by atoms with E-state index < -0.39 is 4.92 Å². The van der Waals surface area contributed by atoms with Gasteiger partial charge in [-0.25, -0.2) is 4.68 Å². The molecule has 0 aliphatic heterocycles. The second-order valence-electron chi connectivity index (χ2n) is 3.85. The van der Waals surface area contributed by atoms with Crippen LogP contribution in [0.4, 0.5) is 5.69 Å². The van der Waals surface area contributed by atoms with Gasteiger partial charge in [-0.3, -0.25) is 10.1 Å². The summed E-state index contributed by atoms with van der Waals surface area (Å²) in [4.78, 5) is 10.2. The van der Waals surface area contributed by atoms with Crippen LogP contribution >= 0.6 is 23.2 Å². The zero-order valence-electron chi connectivity index (χ0n) is 9.65. The number of benzene rings is 1. The van der Waals surface area contributed by atoms with Gasteiger partial charge in [0.1, 0.15) is 5.69 Å². The summed E-state index contributed by atoms with van der Waals surface area (Å²) in [6.07, 6.45) is 0. The Morgan fingerprint density at radius 3 is 2.17 bits per heavy atom. The van der Waals surface area contributed by atoms with E-state index in [1.54, 1.807) is 4.68 Å². The molecule has 0 aliphatic carbocycles. The van der Waals surface area contributed by atoms with Crippen LogP contribution < -0.4 is 0 Å². The van der Waals surface area contributed by atoms with Gasteiger partial charge < -0.3 is 0 Å². The van der Waals surface area contributed by atoms with E-state index in [1.165, 1.54) is 12.1 Å². The molecule has 18 heavy (non-hydrogen) atoms. The molecule has 0 radical (unpaired) electrons. The summed E-state index contributed by atoms with van der Waals surface area (Å²) in [5.41, 5.74) is 1.98. The molecule has 0 atom stereocenters. The second kappa shape index (κ2) is 4.59. The average Bonchev–Trinajstić information content (AvgIpc) is 2.56. The topological polar surface area (TPSA) is 61.0 Å². The molecule has 0 spiro atoms. The van der Waals surface area contributed by atoms with Crippen molar-refractivity contribution in [2.24, 2.45) is 0 Å². The molecule has 0 N–H and O–H groups in total. The highest BCUT2D eigenvalue weighted by atomic mass is 35.5. The van der Waals surface area contributed by atoms with Crippen molar-refractivity contribution < 1.29 is 4.92 Å². The molecule has 94 valence electrons. The molecule has 0 unspecified atom stereocenters. The standard InChI is InChI=1S/C11H9Cl2N3O2/c1-6-3-7(2)15(14-6)11-9(12)4-8(16(17)18)5-10(11)13/h3-5H,1-2H3. The molecule has 0 fully saturated rings. The summed E-state index contributed by atoms with van der Waals surface area (Å²) in [7, 11) is 0. The van der Waals surface area contributed by atoms with E-state index in [-0.39, 0.29) is 15.7 Å². The molecule has 1 aromatic heterocycles. The molecule has 0 aliphatic rings. The Labute approximate surface area is 113 Å². The first-order valence-corrected chi connectivity index (χ1v) is 5.83. The van der Waals surface area contributed by atoms with E-state index in [1.807, 2.05) is 19.9 Å². The summed E-state index contributed by atoms with van der Waals surface area (Å²) in [5.74, 6) is 0. The molecule has 0 amide bonds. The number of non-ortho nitro benzene ring substituents is 1. The number of nitro groups is 1. The van der Waals surface area contributed by atoms with Crippen molar-refractivity contribution in [3.63, 3.8) is 0 Å². The van der Waals surface area contributed by atoms with Crippen LogP contribution in [0.15, 0.2) is 18.2 Å². The Morgan fingerprint density at radius 2 is 1.78 bits per heavy atom. The maximum absolute atomic E-state index is 10.7. The van der Waals surface area contributed by atoms with Crippen molar-refractivity contribution in [3.05, 3.63) is 49.7 Å². The number of nitro benzene ring substituents is 1. The highest BCUT2D eigenvalue weighted by Gasteiger charge is 2.17. The fraction of sp³-hybridized carbons (Fsp3) is 0.182. The van der Waals surface area contributed by atoms with Crippen molar-refractivity contribution in [1.82, 2.24) is 9.78 Å². The van der Waals surface area contributed by atoms with Crippen molar-refractivity contribution in [3.8, 4) is 5.69 Å². The third kappa shape index (κ3) is 2.19. The molecule has 0 bridgehead atoms. The summed E-state index contributed by atoms with van der Waals surface area (Å²) < 4.78 is 1.57. The smallest absolute Gasteiger partial charge is 0.258 e. The van der Waals surface area contributed by atoms with Gasteiger partial charge in [0.2, 0.25) is 0 Å². The van der Waals surface area contributed by atoms with Crippen LogP contribution in [0.1, 0.15) is 11.4 Å². The van der Waals surface area contributed by atoms with Gasteiger partial charge in [0, 0.05) is 17.8 Å². The average molecular weight is 286 g/mol. The zero-order chi connectivity index (χ0) is 13.4. The van der Waals surface area contributed by atoms with E-state index in [9.17, 15) is 10.1 Å². The van der Waals surface area contributed by atoms with Crippen LogP contribution in [0.5, 0.6) is 0 Å². The van der Waals surface area contributed by atoms with Crippen LogP contribution in [0.25, 0.3) is 5.69 Å². The minimum Gasteiger partial charge on any atom is -0.258 e. The molecular weight excluding hydrogens is 277 g/mol. The van der Waals surface area contributed by atoms with Gasteiger partial charge in [0.25, 0.3) is 5.69 Å². The lowest BCUT2D eigenvalue weighted by Gasteiger charge is -2.09. The van der Waals surface area contributed by atoms with Gasteiger partial charge in [0.15, 0.2) is 0 Å². The van der Waals surface area contributed by atoms with Crippen molar-refractivity contribution in [2.75, 3.05) is 0 Å². The van der Waals surface area contributed by atoms with E-state index in [4.69, 9.17) is 23.2 Å². The molecule has 5 nitrogen and oxygen atoms in total. The Kier molecular flexibility index (Phi) is 3.28. The second-order valence-corrected chi connectivity index (χ2v) is 4.67. The molecule has 2 aromatic rings. The summed E-state index contributed by atoms with van der Waals surface area (Å²) in [5, 5.41) is 15.3. The SMILES string of the molecule is Cc1cc(C)n(-c2c(Cl)cc([N+](=O)[O-])cc2Cl)n1. The highest BCUT2D eigenvalue weighted by molar-refractivity contribution is 6.38. The largest absolute Gasteiger partial charge is 0.272 e. The first-order valence-electron chi connectivity index (χ1n) is 5.07. The lowest BCUT2D eigenvalue weighted by molar-refractivity contribution is -0.384. The predicted octanol–water partition coefficient (Wildman–Crippen LogP) is 3.70. The van der Waals surface area contributed by atoms with Gasteiger partial charge in [-0.05, 0) is 19.9 Å². The Bertz CT molecular complexity index is 614. The number of aryl methyl sites for hydroxylation is 2. The van der Waals surface area contributed by atoms with Gasteiger partial charge in [0.05, 0.1) is 20.7 Å². The van der Waals surface area contributed by atoms with E-state index >= 15 is 0 Å². The van der Waals surface area contributed by atoms with Crippen molar-refractivity contribution in [2.45, 2.75) is 13.8 Å². The molecule has 0 saturated heterocycles. The molecule has 7 heteroatoms. The van der Waals surface area contributed by atoms with Crippen LogP contribution in [-0.2, 0) is 0 Å². The lowest BCUT2D eigenvalue weighted by atomic mass is 10.2. The lowest BCUT2D eigenvalue weighted by Crippen LogP contribution is -2.02. The van der Waals surface area contributed by atoms with Gasteiger partial charge in [-0.15, -0.1) is 0 Å². The van der Waals surface area contributed by atoms with Gasteiger partial charge in [-0.1, -0.05) is 23.2 Å². The summed E-state index contributed by atoms with van der Waals surface area (Å²) in [6.45, 7) is 3.70. The monoisotopic (exact) mass is 285 g/mol. The minimum absolute atomic E-state index is 0.143. The minimum atomic E-state index is -0.539. The first-order chi connectivity index (χ1) is 8.40. The fourth-order valence-corrected chi connectivity index (χ4v) is 2.35. The van der Waals surface area contributed by atoms with Gasteiger partial charge >= 0.3 is 0 Å². The molecule has 1 heterocycles. The van der Waals surface area contributed by atoms with Gasteiger partial charge in [-0.2, -0.15) is 5.10 Å². The first kappa shape index (κ1) is 12.9. The predicted molar refractivity (Wildman–Crippen MR) is 69.7 cm³/mol. The van der Waals surface area contributed by atoms with E-state index in [0.29, 0.717) is 5.69 Å². The van der Waals surface area contributed by atoms with Crippen LogP contribution in [-0.4, -0.2) is 14.7 Å².